The molecule has 6 heteroatoms. The Balaban J connectivity index is 0.00000192. The lowest BCUT2D eigenvalue weighted by Crippen LogP contribution is -2.40. The molecule has 1 aromatic carbocycles. The fourth-order valence-corrected chi connectivity index (χ4v) is 2.67. The van der Waals surface area contributed by atoms with Crippen molar-refractivity contribution in [3.8, 4) is 5.88 Å². The summed E-state index contributed by atoms with van der Waals surface area (Å²) in [6.45, 7) is 1.64. The molecule has 2 heterocycles. The minimum absolute atomic E-state index is 0. The number of halogens is 1. The quantitative estimate of drug-likeness (QED) is 0.468. The highest BCUT2D eigenvalue weighted by molar-refractivity contribution is 14.0. The number of ether oxygens (including phenoxy) is 1. The molecule has 23 heavy (non-hydrogen) atoms. The van der Waals surface area contributed by atoms with Gasteiger partial charge in [0.25, 0.3) is 0 Å². The predicted molar refractivity (Wildman–Crippen MR) is 104 cm³/mol. The predicted octanol–water partition coefficient (Wildman–Crippen LogP) is 2.85. The first kappa shape index (κ1) is 17.5. The van der Waals surface area contributed by atoms with Crippen LogP contribution >= 0.6 is 24.0 Å². The van der Waals surface area contributed by atoms with E-state index in [1.165, 1.54) is 11.3 Å². The second kappa shape index (κ2) is 8.14. The Hall–Kier alpha value is -1.83. The normalized spacial score (nSPS) is 13.3. The van der Waals surface area contributed by atoms with Gasteiger partial charge < -0.3 is 15.0 Å². The summed E-state index contributed by atoms with van der Waals surface area (Å²) in [4.78, 5) is 10.9. The van der Waals surface area contributed by atoms with Crippen LogP contribution in [0.25, 0.3) is 0 Å². The molecule has 0 spiro atoms. The number of aliphatic imine (C=N–C) groups is 1. The summed E-state index contributed by atoms with van der Waals surface area (Å²) < 4.78 is 5.07. The van der Waals surface area contributed by atoms with Gasteiger partial charge in [-0.05, 0) is 23.6 Å². The maximum absolute atomic E-state index is 5.07. The zero-order chi connectivity index (χ0) is 15.4. The molecule has 0 saturated heterocycles. The first-order valence-electron chi connectivity index (χ1n) is 7.37. The summed E-state index contributed by atoms with van der Waals surface area (Å²) in [6, 6.07) is 12.3. The maximum Gasteiger partial charge on any atom is 0.212 e. The Bertz CT molecular complexity index is 673. The van der Waals surface area contributed by atoms with Crippen molar-refractivity contribution < 1.29 is 4.74 Å². The number of anilines is 1. The van der Waals surface area contributed by atoms with Crippen LogP contribution in [0.1, 0.15) is 11.1 Å². The van der Waals surface area contributed by atoms with Gasteiger partial charge in [-0.3, -0.25) is 4.99 Å². The van der Waals surface area contributed by atoms with Crippen molar-refractivity contribution in [3.63, 3.8) is 0 Å². The number of methoxy groups -OCH3 is 1. The lowest BCUT2D eigenvalue weighted by Gasteiger charge is -2.22. The Morgan fingerprint density at radius 2 is 2.13 bits per heavy atom. The number of guanidine groups is 1. The van der Waals surface area contributed by atoms with E-state index < -0.39 is 0 Å². The summed E-state index contributed by atoms with van der Waals surface area (Å²) in [5.41, 5.74) is 3.70. The van der Waals surface area contributed by atoms with Crippen molar-refractivity contribution in [1.29, 1.82) is 0 Å². The Morgan fingerprint density at radius 3 is 2.83 bits per heavy atom. The minimum Gasteiger partial charge on any atom is -0.481 e. The van der Waals surface area contributed by atoms with Gasteiger partial charge in [0.1, 0.15) is 0 Å². The molecule has 1 N–H and O–H groups in total. The van der Waals surface area contributed by atoms with Crippen LogP contribution in [0.2, 0.25) is 0 Å². The van der Waals surface area contributed by atoms with E-state index in [4.69, 9.17) is 4.74 Å². The average Bonchev–Trinajstić information content (AvgIpc) is 3.00. The third-order valence-corrected chi connectivity index (χ3v) is 3.81. The standard InChI is InChI=1S/C17H20N4O.HI/c1-18-17(20-12-13-7-8-16(22-2)19-11-13)21-10-9-14-5-3-4-6-15(14)21;/h3-8,11H,9-10,12H2,1-2H3,(H,18,20);1H. The van der Waals surface area contributed by atoms with Crippen LogP contribution in [0.15, 0.2) is 47.6 Å². The number of aromatic nitrogens is 1. The molecular formula is C17H21IN4O. The molecule has 0 radical (unpaired) electrons. The van der Waals surface area contributed by atoms with E-state index in [9.17, 15) is 0 Å². The van der Waals surface area contributed by atoms with Crippen LogP contribution in [0.5, 0.6) is 5.88 Å². The van der Waals surface area contributed by atoms with Gasteiger partial charge in [0, 0.05) is 38.1 Å². The molecule has 122 valence electrons. The first-order valence-corrected chi connectivity index (χ1v) is 7.37. The number of nitrogens with zero attached hydrogens (tertiary/aromatic N) is 3. The molecule has 0 atom stereocenters. The summed E-state index contributed by atoms with van der Waals surface area (Å²) in [7, 11) is 3.43. The molecule has 0 amide bonds. The lowest BCUT2D eigenvalue weighted by molar-refractivity contribution is 0.397. The first-order chi connectivity index (χ1) is 10.8. The molecule has 0 saturated carbocycles. The molecule has 1 aliphatic heterocycles. The van der Waals surface area contributed by atoms with Crippen molar-refractivity contribution in [2.75, 3.05) is 25.6 Å². The minimum atomic E-state index is 0. The number of para-hydroxylation sites is 1. The van der Waals surface area contributed by atoms with Crippen LogP contribution in [0.3, 0.4) is 0 Å². The summed E-state index contributed by atoms with van der Waals surface area (Å²) in [5.74, 6) is 1.52. The molecule has 1 aliphatic rings. The fraction of sp³-hybridized carbons (Fsp3) is 0.294. The smallest absolute Gasteiger partial charge is 0.212 e. The number of benzene rings is 1. The highest BCUT2D eigenvalue weighted by atomic mass is 127. The molecule has 0 bridgehead atoms. The summed E-state index contributed by atoms with van der Waals surface area (Å²) in [6.07, 6.45) is 2.87. The zero-order valence-corrected chi connectivity index (χ0v) is 15.7. The third kappa shape index (κ3) is 3.93. The monoisotopic (exact) mass is 424 g/mol. The van der Waals surface area contributed by atoms with Crippen molar-refractivity contribution in [3.05, 3.63) is 53.7 Å². The number of fused-ring (bicyclic) bond motifs is 1. The van der Waals surface area contributed by atoms with Crippen molar-refractivity contribution in [2.24, 2.45) is 4.99 Å². The molecule has 0 unspecified atom stereocenters. The average molecular weight is 424 g/mol. The molecule has 0 aliphatic carbocycles. The van der Waals surface area contributed by atoms with Crippen molar-refractivity contribution >= 4 is 35.6 Å². The van der Waals surface area contributed by atoms with E-state index in [2.05, 4.69) is 44.5 Å². The number of hydrogen-bond donors (Lipinski definition) is 1. The number of nitrogens with one attached hydrogen (secondary N) is 1. The lowest BCUT2D eigenvalue weighted by atomic mass is 10.2. The van der Waals surface area contributed by atoms with E-state index in [1.54, 1.807) is 7.11 Å². The van der Waals surface area contributed by atoms with E-state index in [0.29, 0.717) is 12.4 Å². The molecule has 3 rings (SSSR count). The summed E-state index contributed by atoms with van der Waals surface area (Å²) in [5, 5.41) is 3.40. The molecule has 2 aromatic rings. The highest BCUT2D eigenvalue weighted by Gasteiger charge is 2.22. The van der Waals surface area contributed by atoms with Gasteiger partial charge in [0.05, 0.1) is 7.11 Å². The highest BCUT2D eigenvalue weighted by Crippen LogP contribution is 2.27. The van der Waals surface area contributed by atoms with Crippen molar-refractivity contribution in [1.82, 2.24) is 10.3 Å². The van der Waals surface area contributed by atoms with E-state index in [-0.39, 0.29) is 24.0 Å². The van der Waals surface area contributed by atoms with Crippen LogP contribution in [-0.2, 0) is 13.0 Å². The van der Waals surface area contributed by atoms with Crippen LogP contribution < -0.4 is 15.0 Å². The van der Waals surface area contributed by atoms with Gasteiger partial charge in [0.2, 0.25) is 5.88 Å². The van der Waals surface area contributed by atoms with Crippen LogP contribution in [0, 0.1) is 0 Å². The Labute approximate surface area is 153 Å². The number of rotatable bonds is 3. The van der Waals surface area contributed by atoms with Gasteiger partial charge in [-0.2, -0.15) is 0 Å². The summed E-state index contributed by atoms with van der Waals surface area (Å²) >= 11 is 0. The van der Waals surface area contributed by atoms with E-state index >= 15 is 0 Å². The Morgan fingerprint density at radius 1 is 1.30 bits per heavy atom. The van der Waals surface area contributed by atoms with E-state index in [1.807, 2.05) is 25.4 Å². The van der Waals surface area contributed by atoms with Gasteiger partial charge >= 0.3 is 0 Å². The molecule has 1 aromatic heterocycles. The number of hydrogen-bond acceptors (Lipinski definition) is 3. The van der Waals surface area contributed by atoms with Crippen molar-refractivity contribution in [2.45, 2.75) is 13.0 Å². The molecule has 5 nitrogen and oxygen atoms in total. The second-order valence-electron chi connectivity index (χ2n) is 5.14. The number of pyridine rings is 1. The second-order valence-corrected chi connectivity index (χ2v) is 5.14. The van der Waals surface area contributed by atoms with Gasteiger partial charge in [-0.1, -0.05) is 24.3 Å². The zero-order valence-electron chi connectivity index (χ0n) is 13.3. The van der Waals surface area contributed by atoms with E-state index in [0.717, 1.165) is 24.5 Å². The Kier molecular flexibility index (Phi) is 6.20. The van der Waals surface area contributed by atoms with Crippen LogP contribution in [0.4, 0.5) is 5.69 Å². The van der Waals surface area contributed by atoms with Gasteiger partial charge in [0.15, 0.2) is 5.96 Å². The third-order valence-electron chi connectivity index (χ3n) is 3.81. The van der Waals surface area contributed by atoms with Gasteiger partial charge in [-0.15, -0.1) is 24.0 Å². The molecular weight excluding hydrogens is 403 g/mol. The van der Waals surface area contributed by atoms with Crippen LogP contribution in [-0.4, -0.2) is 31.6 Å². The topological polar surface area (TPSA) is 49.8 Å². The van der Waals surface area contributed by atoms with Gasteiger partial charge in [-0.25, -0.2) is 4.98 Å². The largest absolute Gasteiger partial charge is 0.481 e. The maximum atomic E-state index is 5.07. The fourth-order valence-electron chi connectivity index (χ4n) is 2.67. The SMILES string of the molecule is CN=C(NCc1ccc(OC)nc1)N1CCc2ccccc21.I. The molecule has 0 fully saturated rings.